The van der Waals surface area contributed by atoms with Gasteiger partial charge in [-0.3, -0.25) is 0 Å². The fourth-order valence-electron chi connectivity index (χ4n) is 1.68. The van der Waals surface area contributed by atoms with Gasteiger partial charge in [-0.2, -0.15) is 5.26 Å². The highest BCUT2D eigenvalue weighted by Gasteiger charge is 2.07. The molecule has 0 aliphatic heterocycles. The fourth-order valence-corrected chi connectivity index (χ4v) is 2.36. The summed E-state index contributed by atoms with van der Waals surface area (Å²) in [4.78, 5) is 0. The van der Waals surface area contributed by atoms with Crippen LogP contribution in [0.4, 0.5) is 0 Å². The van der Waals surface area contributed by atoms with Gasteiger partial charge in [0.1, 0.15) is 11.5 Å². The van der Waals surface area contributed by atoms with Crippen molar-refractivity contribution in [3.8, 4) is 17.6 Å². The maximum Gasteiger partial charge on any atom is 0.128 e. The van der Waals surface area contributed by atoms with Crippen LogP contribution in [0.3, 0.4) is 0 Å². The molecule has 3 nitrogen and oxygen atoms in total. The number of hydrogen-bond acceptors (Lipinski definition) is 3. The molecule has 0 unspecified atom stereocenters. The molecule has 0 aliphatic rings. The Hall–Kier alpha value is -1.83. The second kappa shape index (κ2) is 5.87. The Morgan fingerprint density at radius 2 is 1.95 bits per heavy atom. The van der Waals surface area contributed by atoms with E-state index in [1.54, 1.807) is 49.4 Å². The Kier molecular flexibility index (Phi) is 4.20. The summed E-state index contributed by atoms with van der Waals surface area (Å²) in [7, 11) is 0. The monoisotopic (exact) mass is 317 g/mol. The Balaban J connectivity index is 2.24. The lowest BCUT2D eigenvalue weighted by atomic mass is 10.1. The van der Waals surface area contributed by atoms with Crippen LogP contribution in [0, 0.1) is 11.3 Å². The molecule has 0 amide bonds. The number of aliphatic hydroxyl groups is 1. The third kappa shape index (κ3) is 3.34. The van der Waals surface area contributed by atoms with E-state index in [-0.39, 0.29) is 0 Å². The molecule has 19 heavy (non-hydrogen) atoms. The molecule has 1 N–H and O–H groups in total. The van der Waals surface area contributed by atoms with Crippen LogP contribution in [0.1, 0.15) is 24.2 Å². The highest BCUT2D eigenvalue weighted by atomic mass is 79.9. The minimum Gasteiger partial charge on any atom is -0.457 e. The number of ether oxygens (including phenoxy) is 1. The van der Waals surface area contributed by atoms with E-state index in [0.29, 0.717) is 17.1 Å². The quantitative estimate of drug-likeness (QED) is 0.924. The zero-order valence-corrected chi connectivity index (χ0v) is 11.9. The van der Waals surface area contributed by atoms with Crippen molar-refractivity contribution in [3.05, 3.63) is 58.1 Å². The molecule has 0 aliphatic carbocycles. The van der Waals surface area contributed by atoms with Gasteiger partial charge < -0.3 is 9.84 Å². The van der Waals surface area contributed by atoms with E-state index in [9.17, 15) is 5.11 Å². The van der Waals surface area contributed by atoms with E-state index in [2.05, 4.69) is 22.0 Å². The van der Waals surface area contributed by atoms with E-state index >= 15 is 0 Å². The average Bonchev–Trinajstić information content (AvgIpc) is 2.38. The maximum absolute atomic E-state index is 9.55. The largest absolute Gasteiger partial charge is 0.457 e. The molecular weight excluding hydrogens is 306 g/mol. The third-order valence-corrected chi connectivity index (χ3v) is 3.31. The second-order valence-electron chi connectivity index (χ2n) is 4.10. The summed E-state index contributed by atoms with van der Waals surface area (Å²) in [5, 5.41) is 18.4. The standard InChI is InChI=1S/C15H12BrNO2/c1-10(18)14-6-5-13(8-15(14)16)19-12-4-2-3-11(7-12)9-17/h2-8,10,18H,1H3/t10-/m0/s1. The molecule has 4 heteroatoms. The average molecular weight is 318 g/mol. The molecule has 0 aromatic heterocycles. The number of halogens is 1. The highest BCUT2D eigenvalue weighted by Crippen LogP contribution is 2.30. The van der Waals surface area contributed by atoms with Crippen molar-refractivity contribution in [3.63, 3.8) is 0 Å². The first kappa shape index (κ1) is 13.6. The van der Waals surface area contributed by atoms with E-state index < -0.39 is 6.10 Å². The van der Waals surface area contributed by atoms with Gasteiger partial charge in [0.25, 0.3) is 0 Å². The van der Waals surface area contributed by atoms with Gasteiger partial charge in [-0.15, -0.1) is 0 Å². The van der Waals surface area contributed by atoms with Crippen molar-refractivity contribution < 1.29 is 9.84 Å². The molecule has 0 spiro atoms. The summed E-state index contributed by atoms with van der Waals surface area (Å²) in [6.45, 7) is 1.71. The first-order chi connectivity index (χ1) is 9.10. The molecule has 0 radical (unpaired) electrons. The van der Waals surface area contributed by atoms with Crippen LogP contribution in [0.25, 0.3) is 0 Å². The number of benzene rings is 2. The smallest absolute Gasteiger partial charge is 0.128 e. The lowest BCUT2D eigenvalue weighted by molar-refractivity contribution is 0.198. The number of nitriles is 1. The van der Waals surface area contributed by atoms with Gasteiger partial charge in [0, 0.05) is 4.47 Å². The Labute approximate surface area is 120 Å². The van der Waals surface area contributed by atoms with Crippen LogP contribution >= 0.6 is 15.9 Å². The summed E-state index contributed by atoms with van der Waals surface area (Å²) in [5.74, 6) is 1.25. The first-order valence-electron chi connectivity index (χ1n) is 5.75. The predicted molar refractivity (Wildman–Crippen MR) is 76.0 cm³/mol. The molecule has 96 valence electrons. The van der Waals surface area contributed by atoms with Crippen LogP contribution in [-0.2, 0) is 0 Å². The van der Waals surface area contributed by atoms with Crippen LogP contribution < -0.4 is 4.74 Å². The Bertz CT molecular complexity index is 632. The molecule has 0 saturated carbocycles. The first-order valence-corrected chi connectivity index (χ1v) is 6.55. The molecule has 0 bridgehead atoms. The molecule has 0 fully saturated rings. The molecule has 1 atom stereocenters. The van der Waals surface area contributed by atoms with Gasteiger partial charge in [0.2, 0.25) is 0 Å². The van der Waals surface area contributed by atoms with Crippen molar-refractivity contribution in [1.29, 1.82) is 5.26 Å². The lowest BCUT2D eigenvalue weighted by Crippen LogP contribution is -1.93. The predicted octanol–water partition coefficient (Wildman–Crippen LogP) is 4.17. The summed E-state index contributed by atoms with van der Waals surface area (Å²) in [6.07, 6.45) is -0.537. The minimum atomic E-state index is -0.537. The molecule has 2 aromatic carbocycles. The summed E-state index contributed by atoms with van der Waals surface area (Å²) in [6, 6.07) is 14.4. The van der Waals surface area contributed by atoms with Crippen molar-refractivity contribution in [1.82, 2.24) is 0 Å². The molecule has 2 rings (SSSR count). The highest BCUT2D eigenvalue weighted by molar-refractivity contribution is 9.10. The van der Waals surface area contributed by atoms with E-state index in [1.165, 1.54) is 0 Å². The minimum absolute atomic E-state index is 0.537. The number of rotatable bonds is 3. The van der Waals surface area contributed by atoms with Gasteiger partial charge in [-0.05, 0) is 42.8 Å². The van der Waals surface area contributed by atoms with E-state index in [0.717, 1.165) is 10.0 Å². The molecule has 0 saturated heterocycles. The number of nitrogens with zero attached hydrogens (tertiary/aromatic N) is 1. The zero-order chi connectivity index (χ0) is 13.8. The Morgan fingerprint density at radius 1 is 1.21 bits per heavy atom. The zero-order valence-electron chi connectivity index (χ0n) is 10.3. The topological polar surface area (TPSA) is 53.2 Å². The van der Waals surface area contributed by atoms with Crippen molar-refractivity contribution in [2.45, 2.75) is 13.0 Å². The van der Waals surface area contributed by atoms with Gasteiger partial charge in [-0.1, -0.05) is 28.1 Å². The van der Waals surface area contributed by atoms with Crippen molar-refractivity contribution in [2.75, 3.05) is 0 Å². The Morgan fingerprint density at radius 3 is 2.58 bits per heavy atom. The number of hydrogen-bond donors (Lipinski definition) is 1. The summed E-state index contributed by atoms with van der Waals surface area (Å²) >= 11 is 3.40. The maximum atomic E-state index is 9.55. The molecule has 0 heterocycles. The SMILES string of the molecule is C[C@H](O)c1ccc(Oc2cccc(C#N)c2)cc1Br. The van der Waals surface area contributed by atoms with Gasteiger partial charge in [0.05, 0.1) is 17.7 Å². The fraction of sp³-hybridized carbons (Fsp3) is 0.133. The summed E-state index contributed by atoms with van der Waals surface area (Å²) in [5.41, 5.74) is 1.36. The van der Waals surface area contributed by atoms with Gasteiger partial charge >= 0.3 is 0 Å². The van der Waals surface area contributed by atoms with Crippen LogP contribution in [0.15, 0.2) is 46.9 Å². The van der Waals surface area contributed by atoms with Crippen LogP contribution in [-0.4, -0.2) is 5.11 Å². The van der Waals surface area contributed by atoms with Crippen LogP contribution in [0.5, 0.6) is 11.5 Å². The van der Waals surface area contributed by atoms with Gasteiger partial charge in [0.15, 0.2) is 0 Å². The normalized spacial score (nSPS) is 11.7. The van der Waals surface area contributed by atoms with Crippen molar-refractivity contribution >= 4 is 15.9 Å². The van der Waals surface area contributed by atoms with E-state index in [1.807, 2.05) is 0 Å². The van der Waals surface area contributed by atoms with Gasteiger partial charge in [-0.25, -0.2) is 0 Å². The molecule has 2 aromatic rings. The van der Waals surface area contributed by atoms with Crippen molar-refractivity contribution in [2.24, 2.45) is 0 Å². The van der Waals surface area contributed by atoms with Crippen LogP contribution in [0.2, 0.25) is 0 Å². The number of aliphatic hydroxyl groups excluding tert-OH is 1. The van der Waals surface area contributed by atoms with E-state index in [4.69, 9.17) is 10.00 Å². The molecular formula is C15H12BrNO2. The third-order valence-electron chi connectivity index (χ3n) is 2.62. The lowest BCUT2D eigenvalue weighted by Gasteiger charge is -2.10. The summed E-state index contributed by atoms with van der Waals surface area (Å²) < 4.78 is 6.46. The second-order valence-corrected chi connectivity index (χ2v) is 4.96.